The third kappa shape index (κ3) is 3.52. The molecule has 4 saturated carbocycles. The minimum absolute atomic E-state index is 0.0156. The fourth-order valence-electron chi connectivity index (χ4n) is 7.00. The van der Waals surface area contributed by atoms with Crippen LogP contribution < -0.4 is 5.32 Å². The number of amides is 1. The van der Waals surface area contributed by atoms with E-state index in [-0.39, 0.29) is 17.2 Å². The zero-order valence-electron chi connectivity index (χ0n) is 16.7. The van der Waals surface area contributed by atoms with Crippen LogP contribution in [0.15, 0.2) is 30.3 Å². The molecule has 1 saturated heterocycles. The molecule has 5 fully saturated rings. The van der Waals surface area contributed by atoms with Crippen molar-refractivity contribution in [2.45, 2.75) is 51.4 Å². The van der Waals surface area contributed by atoms with E-state index in [9.17, 15) is 9.59 Å². The van der Waals surface area contributed by atoms with E-state index in [1.807, 2.05) is 30.3 Å². The van der Waals surface area contributed by atoms with Crippen molar-refractivity contribution in [3.05, 3.63) is 30.3 Å². The third-order valence-corrected chi connectivity index (χ3v) is 7.91. The van der Waals surface area contributed by atoms with Crippen molar-refractivity contribution in [2.24, 2.45) is 29.1 Å². The number of piperidine rings is 1. The SMILES string of the molecule is O=C(Nc1ccccc1)[C@@H]1CCCN(CC(=O)C23CC4CC(CC(C4)C2)C3)C1. The molecule has 6 rings (SSSR count). The van der Waals surface area contributed by atoms with Gasteiger partial charge >= 0.3 is 0 Å². The van der Waals surface area contributed by atoms with Gasteiger partial charge in [0.15, 0.2) is 5.78 Å². The minimum atomic E-state index is -0.0198. The van der Waals surface area contributed by atoms with Crippen LogP contribution in [0.3, 0.4) is 0 Å². The zero-order valence-corrected chi connectivity index (χ0v) is 16.7. The zero-order chi connectivity index (χ0) is 19.1. The largest absolute Gasteiger partial charge is 0.326 e. The second kappa shape index (κ2) is 7.29. The monoisotopic (exact) mass is 380 g/mol. The molecule has 5 aliphatic rings. The molecule has 4 nitrogen and oxygen atoms in total. The average molecular weight is 381 g/mol. The van der Waals surface area contributed by atoms with E-state index >= 15 is 0 Å². The molecule has 0 radical (unpaired) electrons. The number of benzene rings is 1. The Hall–Kier alpha value is -1.68. The highest BCUT2D eigenvalue weighted by molar-refractivity contribution is 5.93. The Morgan fingerprint density at radius 2 is 1.64 bits per heavy atom. The van der Waals surface area contributed by atoms with E-state index in [4.69, 9.17) is 0 Å². The number of likely N-dealkylation sites (tertiary alicyclic amines) is 1. The van der Waals surface area contributed by atoms with Gasteiger partial charge in [0, 0.05) is 17.6 Å². The summed E-state index contributed by atoms with van der Waals surface area (Å²) in [7, 11) is 0. The maximum absolute atomic E-state index is 13.4. The summed E-state index contributed by atoms with van der Waals surface area (Å²) < 4.78 is 0. The van der Waals surface area contributed by atoms with Gasteiger partial charge in [-0.05, 0) is 87.8 Å². The number of para-hydroxylation sites is 1. The number of hydrogen-bond donors (Lipinski definition) is 1. The lowest BCUT2D eigenvalue weighted by atomic mass is 9.48. The van der Waals surface area contributed by atoms with Gasteiger partial charge in [0.05, 0.1) is 12.5 Å². The van der Waals surface area contributed by atoms with Crippen molar-refractivity contribution >= 4 is 17.4 Å². The van der Waals surface area contributed by atoms with Gasteiger partial charge in [-0.1, -0.05) is 18.2 Å². The first-order valence-corrected chi connectivity index (χ1v) is 11.2. The average Bonchev–Trinajstić information content (AvgIpc) is 2.68. The van der Waals surface area contributed by atoms with Crippen LogP contribution in [0.2, 0.25) is 0 Å². The first kappa shape index (κ1) is 18.4. The molecule has 1 N–H and O–H groups in total. The number of carbonyl (C=O) groups is 2. The highest BCUT2D eigenvalue weighted by atomic mass is 16.2. The molecule has 0 aromatic heterocycles. The fraction of sp³-hybridized carbons (Fsp3) is 0.667. The molecular formula is C24H32N2O2. The third-order valence-electron chi connectivity index (χ3n) is 7.91. The molecule has 1 aromatic carbocycles. The maximum atomic E-state index is 13.4. The second-order valence-corrected chi connectivity index (χ2v) is 10.1. The Balaban J connectivity index is 1.20. The lowest BCUT2D eigenvalue weighted by Gasteiger charge is -2.56. The van der Waals surface area contributed by atoms with Crippen LogP contribution in [-0.4, -0.2) is 36.2 Å². The molecule has 1 aliphatic heterocycles. The van der Waals surface area contributed by atoms with Crippen LogP contribution in [0.4, 0.5) is 5.69 Å². The number of carbonyl (C=O) groups excluding carboxylic acids is 2. The molecule has 4 bridgehead atoms. The van der Waals surface area contributed by atoms with Crippen molar-refractivity contribution in [1.29, 1.82) is 0 Å². The van der Waals surface area contributed by atoms with Gasteiger partial charge in [0.1, 0.15) is 0 Å². The highest BCUT2D eigenvalue weighted by Crippen LogP contribution is 2.60. The Labute approximate surface area is 168 Å². The maximum Gasteiger partial charge on any atom is 0.228 e. The molecule has 4 heteroatoms. The predicted molar refractivity (Wildman–Crippen MR) is 110 cm³/mol. The Morgan fingerprint density at radius 1 is 1.00 bits per heavy atom. The molecule has 4 aliphatic carbocycles. The van der Waals surface area contributed by atoms with Crippen LogP contribution in [-0.2, 0) is 9.59 Å². The predicted octanol–water partition coefficient (Wildman–Crippen LogP) is 4.12. The summed E-state index contributed by atoms with van der Waals surface area (Å²) in [5.74, 6) is 2.98. The molecule has 1 aromatic rings. The van der Waals surface area contributed by atoms with Crippen LogP contribution in [0.5, 0.6) is 0 Å². The fourth-order valence-corrected chi connectivity index (χ4v) is 7.00. The number of hydrogen-bond acceptors (Lipinski definition) is 3. The molecule has 0 spiro atoms. The first-order chi connectivity index (χ1) is 13.6. The summed E-state index contributed by atoms with van der Waals surface area (Å²) in [6.07, 6.45) is 9.46. The number of nitrogens with one attached hydrogen (secondary N) is 1. The van der Waals surface area contributed by atoms with Gasteiger partial charge in [-0.15, -0.1) is 0 Å². The van der Waals surface area contributed by atoms with Crippen molar-refractivity contribution in [2.75, 3.05) is 25.0 Å². The van der Waals surface area contributed by atoms with E-state index in [2.05, 4.69) is 10.2 Å². The van der Waals surface area contributed by atoms with Crippen molar-refractivity contribution in [3.63, 3.8) is 0 Å². The van der Waals surface area contributed by atoms with Gasteiger partial charge in [0.2, 0.25) is 5.91 Å². The summed E-state index contributed by atoms with van der Waals surface area (Å²) in [5.41, 5.74) is 0.836. The highest BCUT2D eigenvalue weighted by Gasteiger charge is 2.54. The summed E-state index contributed by atoms with van der Waals surface area (Å²) in [4.78, 5) is 28.4. The summed E-state index contributed by atoms with van der Waals surface area (Å²) >= 11 is 0. The molecule has 150 valence electrons. The minimum Gasteiger partial charge on any atom is -0.326 e. The molecule has 1 heterocycles. The van der Waals surface area contributed by atoms with Crippen LogP contribution in [0, 0.1) is 29.1 Å². The molecule has 28 heavy (non-hydrogen) atoms. The van der Waals surface area contributed by atoms with E-state index in [0.29, 0.717) is 12.3 Å². The second-order valence-electron chi connectivity index (χ2n) is 10.1. The standard InChI is InChI=1S/C24H32N2O2/c27-22(24-12-17-9-18(13-24)11-19(10-17)14-24)16-26-8-4-5-20(15-26)23(28)25-21-6-2-1-3-7-21/h1-3,6-7,17-20H,4-5,8-16H2,(H,25,28)/t17?,18?,19?,20-,24?/m1/s1. The van der Waals surface area contributed by atoms with Gasteiger partial charge in [-0.2, -0.15) is 0 Å². The topological polar surface area (TPSA) is 49.4 Å². The van der Waals surface area contributed by atoms with Gasteiger partial charge in [-0.25, -0.2) is 0 Å². The first-order valence-electron chi connectivity index (χ1n) is 11.2. The van der Waals surface area contributed by atoms with E-state index in [1.54, 1.807) is 0 Å². The number of nitrogens with zero attached hydrogens (tertiary/aromatic N) is 1. The number of rotatable bonds is 5. The van der Waals surface area contributed by atoms with E-state index in [1.165, 1.54) is 19.3 Å². The summed E-state index contributed by atoms with van der Waals surface area (Å²) in [6.45, 7) is 2.23. The van der Waals surface area contributed by atoms with Gasteiger partial charge in [-0.3, -0.25) is 14.5 Å². The van der Waals surface area contributed by atoms with Crippen molar-refractivity contribution < 1.29 is 9.59 Å². The molecule has 1 atom stereocenters. The smallest absolute Gasteiger partial charge is 0.228 e. The quantitative estimate of drug-likeness (QED) is 0.836. The number of ketones is 1. The summed E-state index contributed by atoms with van der Waals surface area (Å²) in [5, 5.41) is 3.04. The van der Waals surface area contributed by atoms with E-state index in [0.717, 1.165) is 68.6 Å². The van der Waals surface area contributed by atoms with Crippen molar-refractivity contribution in [1.82, 2.24) is 4.90 Å². The summed E-state index contributed by atoms with van der Waals surface area (Å²) in [6, 6.07) is 9.68. The van der Waals surface area contributed by atoms with Gasteiger partial charge < -0.3 is 5.32 Å². The van der Waals surface area contributed by atoms with Crippen LogP contribution in [0.25, 0.3) is 0 Å². The van der Waals surface area contributed by atoms with Crippen LogP contribution in [0.1, 0.15) is 51.4 Å². The number of anilines is 1. The lowest BCUT2D eigenvalue weighted by molar-refractivity contribution is -0.145. The molecular weight excluding hydrogens is 348 g/mol. The van der Waals surface area contributed by atoms with Crippen molar-refractivity contribution in [3.8, 4) is 0 Å². The number of Topliss-reactive ketones (excluding diaryl/α,β-unsaturated/α-hetero) is 1. The molecule has 1 amide bonds. The van der Waals surface area contributed by atoms with E-state index < -0.39 is 0 Å². The van der Waals surface area contributed by atoms with Gasteiger partial charge in [0.25, 0.3) is 0 Å². The Kier molecular flexibility index (Phi) is 4.78. The van der Waals surface area contributed by atoms with Crippen LogP contribution >= 0.6 is 0 Å². The Bertz CT molecular complexity index is 709. The Morgan fingerprint density at radius 3 is 2.29 bits per heavy atom. The lowest BCUT2D eigenvalue weighted by Crippen LogP contribution is -2.53. The molecule has 0 unspecified atom stereocenters. The normalized spacial score (nSPS) is 37.0.